The number of rotatable bonds is 3. The molecular weight excluding hydrogens is 498 g/mol. The first-order valence-corrected chi connectivity index (χ1v) is 9.44. The van der Waals surface area contributed by atoms with Crippen LogP contribution in [-0.4, -0.2) is 25.2 Å². The summed E-state index contributed by atoms with van der Waals surface area (Å²) in [5, 5.41) is 2.51. The third-order valence-electron chi connectivity index (χ3n) is 3.89. The van der Waals surface area contributed by atoms with Gasteiger partial charge in [-0.25, -0.2) is 0 Å². The highest BCUT2D eigenvalue weighted by Crippen LogP contribution is 2.52. The van der Waals surface area contributed by atoms with E-state index in [0.717, 1.165) is 12.8 Å². The van der Waals surface area contributed by atoms with Crippen LogP contribution in [0.25, 0.3) is 0 Å². The lowest BCUT2D eigenvalue weighted by Crippen LogP contribution is -2.45. The number of imide groups is 1. The van der Waals surface area contributed by atoms with E-state index in [2.05, 4.69) is 69.0 Å². The highest BCUT2D eigenvalue weighted by atomic mass is 79.9. The Balaban J connectivity index is 2.25. The number of hydrogen-bond donors (Lipinski definition) is 1. The Morgan fingerprint density at radius 3 is 2.56 bits per heavy atom. The van der Waals surface area contributed by atoms with Gasteiger partial charge in [0.2, 0.25) is 11.8 Å². The van der Waals surface area contributed by atoms with Gasteiger partial charge >= 0.3 is 0 Å². The molecule has 2 rings (SSSR count). The zero-order valence-electron chi connectivity index (χ0n) is 9.47. The highest BCUT2D eigenvalue weighted by molar-refractivity contribution is 9.24. The molecule has 3 nitrogen and oxygen atoms in total. The highest BCUT2D eigenvalue weighted by Gasteiger charge is 2.58. The van der Waals surface area contributed by atoms with Gasteiger partial charge in [-0.3, -0.25) is 14.9 Å². The van der Waals surface area contributed by atoms with Crippen LogP contribution in [0.4, 0.5) is 0 Å². The number of fused-ring (bicyclic) bond motifs is 1. The van der Waals surface area contributed by atoms with Crippen LogP contribution in [0.5, 0.6) is 0 Å². The van der Waals surface area contributed by atoms with E-state index >= 15 is 0 Å². The molecule has 0 bridgehead atoms. The Morgan fingerprint density at radius 1 is 1.28 bits per heavy atom. The molecule has 4 atom stereocenters. The van der Waals surface area contributed by atoms with Gasteiger partial charge in [0.05, 0.1) is 15.1 Å². The van der Waals surface area contributed by atoms with Crippen LogP contribution in [0.15, 0.2) is 0 Å². The molecule has 4 unspecified atom stereocenters. The minimum atomic E-state index is -0.532. The molecule has 0 aromatic carbocycles. The van der Waals surface area contributed by atoms with Crippen LogP contribution in [0.1, 0.15) is 25.7 Å². The zero-order valence-corrected chi connectivity index (χ0v) is 15.8. The fourth-order valence-electron chi connectivity index (χ4n) is 2.91. The first-order chi connectivity index (χ1) is 8.36. The first kappa shape index (κ1) is 15.4. The van der Waals surface area contributed by atoms with E-state index in [-0.39, 0.29) is 31.1 Å². The van der Waals surface area contributed by atoms with Gasteiger partial charge in [-0.1, -0.05) is 63.7 Å². The summed E-state index contributed by atoms with van der Waals surface area (Å²) in [5.41, 5.74) is -0.532. The van der Waals surface area contributed by atoms with Gasteiger partial charge in [0.1, 0.15) is 0 Å². The van der Waals surface area contributed by atoms with Crippen molar-refractivity contribution < 1.29 is 9.59 Å². The van der Waals surface area contributed by atoms with Crippen molar-refractivity contribution in [1.29, 1.82) is 0 Å². The van der Waals surface area contributed by atoms with Crippen molar-refractivity contribution in [1.82, 2.24) is 5.32 Å². The van der Waals surface area contributed by atoms with Crippen LogP contribution in [0.2, 0.25) is 0 Å². The van der Waals surface area contributed by atoms with Crippen LogP contribution in [-0.2, 0) is 9.59 Å². The second-order valence-electron chi connectivity index (χ2n) is 4.93. The van der Waals surface area contributed by atoms with Crippen molar-refractivity contribution in [3.8, 4) is 0 Å². The Labute approximate surface area is 140 Å². The number of nitrogens with one attached hydrogen (secondary N) is 1. The molecule has 1 aliphatic heterocycles. The third-order valence-corrected chi connectivity index (χ3v) is 7.49. The molecule has 1 N–H and O–H groups in total. The summed E-state index contributed by atoms with van der Waals surface area (Å²) < 4.78 is 0.180. The number of carbonyl (C=O) groups is 2. The summed E-state index contributed by atoms with van der Waals surface area (Å²) in [7, 11) is 0. The van der Waals surface area contributed by atoms with Gasteiger partial charge < -0.3 is 0 Å². The van der Waals surface area contributed by atoms with E-state index in [9.17, 15) is 9.59 Å². The maximum atomic E-state index is 12.2. The average Bonchev–Trinajstić information content (AvgIpc) is 2.51. The molecule has 0 aromatic heterocycles. The van der Waals surface area contributed by atoms with Crippen LogP contribution < -0.4 is 5.32 Å². The SMILES string of the molecule is O=C1NC(=O)C2(CCC(Br)Br)CC(Br)C(Br)CC12. The van der Waals surface area contributed by atoms with Crippen molar-refractivity contribution in [2.24, 2.45) is 11.3 Å². The topological polar surface area (TPSA) is 46.2 Å². The second-order valence-corrected chi connectivity index (χ2v) is 10.7. The summed E-state index contributed by atoms with van der Waals surface area (Å²) in [6.45, 7) is 0. The number of amides is 2. The molecule has 102 valence electrons. The maximum Gasteiger partial charge on any atom is 0.233 e. The molecule has 2 amide bonds. The Bertz CT molecular complexity index is 376. The lowest BCUT2D eigenvalue weighted by Gasteiger charge is -2.40. The van der Waals surface area contributed by atoms with E-state index in [1.807, 2.05) is 0 Å². The molecule has 18 heavy (non-hydrogen) atoms. The van der Waals surface area contributed by atoms with Gasteiger partial charge in [-0.2, -0.15) is 0 Å². The quantitative estimate of drug-likeness (QED) is 0.467. The molecule has 7 heteroatoms. The van der Waals surface area contributed by atoms with Crippen molar-refractivity contribution in [2.75, 3.05) is 0 Å². The van der Waals surface area contributed by atoms with Gasteiger partial charge in [0.25, 0.3) is 0 Å². The molecular formula is C11H13Br4NO2. The van der Waals surface area contributed by atoms with E-state index in [4.69, 9.17) is 0 Å². The number of hydrogen-bond acceptors (Lipinski definition) is 2. The monoisotopic (exact) mass is 507 g/mol. The van der Waals surface area contributed by atoms with E-state index < -0.39 is 5.41 Å². The number of halogens is 4. The molecule has 0 radical (unpaired) electrons. The third kappa shape index (κ3) is 2.74. The Morgan fingerprint density at radius 2 is 1.94 bits per heavy atom. The largest absolute Gasteiger partial charge is 0.296 e. The number of alkyl halides is 4. The van der Waals surface area contributed by atoms with Gasteiger partial charge in [-0.15, -0.1) is 0 Å². The molecule has 0 spiro atoms. The Hall–Kier alpha value is 1.06. The smallest absolute Gasteiger partial charge is 0.233 e. The molecule has 2 aliphatic rings. The van der Waals surface area contributed by atoms with Crippen molar-refractivity contribution in [3.63, 3.8) is 0 Å². The maximum absolute atomic E-state index is 12.2. The fraction of sp³-hybridized carbons (Fsp3) is 0.818. The number of carbonyl (C=O) groups excluding carboxylic acids is 2. The van der Waals surface area contributed by atoms with E-state index in [1.54, 1.807) is 0 Å². The predicted molar refractivity (Wildman–Crippen MR) is 84.6 cm³/mol. The molecule has 1 aliphatic carbocycles. The normalized spacial score (nSPS) is 39.9. The second kappa shape index (κ2) is 5.82. The van der Waals surface area contributed by atoms with Crippen molar-refractivity contribution in [3.05, 3.63) is 0 Å². The molecule has 2 fully saturated rings. The van der Waals surface area contributed by atoms with Gasteiger partial charge in [-0.05, 0) is 25.7 Å². The zero-order chi connectivity index (χ0) is 13.5. The Kier molecular flexibility index (Phi) is 4.99. The van der Waals surface area contributed by atoms with Crippen LogP contribution >= 0.6 is 63.7 Å². The summed E-state index contributed by atoms with van der Waals surface area (Å²) in [6, 6.07) is 0. The molecule has 1 heterocycles. The summed E-state index contributed by atoms with van der Waals surface area (Å²) in [4.78, 5) is 24.6. The van der Waals surface area contributed by atoms with Crippen LogP contribution in [0, 0.1) is 11.3 Å². The van der Waals surface area contributed by atoms with Crippen LogP contribution in [0.3, 0.4) is 0 Å². The molecule has 1 saturated carbocycles. The fourth-order valence-corrected chi connectivity index (χ4v) is 4.72. The first-order valence-electron chi connectivity index (χ1n) is 5.78. The average molecular weight is 511 g/mol. The molecule has 1 saturated heterocycles. The van der Waals surface area contributed by atoms with E-state index in [1.165, 1.54) is 0 Å². The lowest BCUT2D eigenvalue weighted by molar-refractivity contribution is -0.130. The standard InChI is InChI=1S/C11H13Br4NO2/c12-6-3-5-9(17)16-10(18)11(5,4-7(6)13)2-1-8(14)15/h5-8H,1-4H2,(H,16,17,18). The van der Waals surface area contributed by atoms with Crippen molar-refractivity contribution in [2.45, 2.75) is 39.1 Å². The van der Waals surface area contributed by atoms with Gasteiger partial charge in [0.15, 0.2) is 0 Å². The van der Waals surface area contributed by atoms with Gasteiger partial charge in [0, 0.05) is 9.65 Å². The predicted octanol–water partition coefficient (Wildman–Crippen LogP) is 3.46. The minimum Gasteiger partial charge on any atom is -0.296 e. The summed E-state index contributed by atoms with van der Waals surface area (Å²) in [5.74, 6) is -0.395. The van der Waals surface area contributed by atoms with E-state index in [0.29, 0.717) is 12.8 Å². The lowest BCUT2D eigenvalue weighted by atomic mass is 9.65. The summed E-state index contributed by atoms with van der Waals surface area (Å²) in [6.07, 6.45) is 2.96. The minimum absolute atomic E-state index is 0.0954. The molecule has 0 aromatic rings. The summed E-state index contributed by atoms with van der Waals surface area (Å²) >= 11 is 14.1. The van der Waals surface area contributed by atoms with Crippen molar-refractivity contribution >= 4 is 75.5 Å².